The SMILES string of the molecule is NCc1c(Br)cccc1N1CCC2CCCCC2C1. The van der Waals surface area contributed by atoms with Gasteiger partial charge in [0, 0.05) is 35.4 Å². The first-order valence-corrected chi connectivity index (χ1v) is 8.31. The maximum Gasteiger partial charge on any atom is 0.0423 e. The van der Waals surface area contributed by atoms with Crippen molar-refractivity contribution in [2.45, 2.75) is 38.6 Å². The lowest BCUT2D eigenvalue weighted by Crippen LogP contribution is -2.42. The van der Waals surface area contributed by atoms with Gasteiger partial charge in [-0.25, -0.2) is 0 Å². The molecule has 0 aromatic heterocycles. The van der Waals surface area contributed by atoms with Gasteiger partial charge in [0.2, 0.25) is 0 Å². The van der Waals surface area contributed by atoms with Crippen LogP contribution in [0.2, 0.25) is 0 Å². The van der Waals surface area contributed by atoms with Crippen LogP contribution in [0.5, 0.6) is 0 Å². The maximum atomic E-state index is 5.93. The van der Waals surface area contributed by atoms with Gasteiger partial charge in [-0.05, 0) is 36.8 Å². The average molecular weight is 323 g/mol. The molecular weight excluding hydrogens is 300 g/mol. The Morgan fingerprint density at radius 3 is 2.74 bits per heavy atom. The maximum absolute atomic E-state index is 5.93. The van der Waals surface area contributed by atoms with Crippen LogP contribution >= 0.6 is 15.9 Å². The van der Waals surface area contributed by atoms with Crippen molar-refractivity contribution in [3.63, 3.8) is 0 Å². The summed E-state index contributed by atoms with van der Waals surface area (Å²) in [5, 5.41) is 0. The molecule has 1 aromatic rings. The predicted octanol–water partition coefficient (Wildman–Crippen LogP) is 3.92. The van der Waals surface area contributed by atoms with Gasteiger partial charge in [0.15, 0.2) is 0 Å². The van der Waals surface area contributed by atoms with Crippen molar-refractivity contribution < 1.29 is 0 Å². The Morgan fingerprint density at radius 1 is 1.16 bits per heavy atom. The molecule has 2 fully saturated rings. The van der Waals surface area contributed by atoms with Crippen molar-refractivity contribution in [3.8, 4) is 0 Å². The molecule has 19 heavy (non-hydrogen) atoms. The van der Waals surface area contributed by atoms with E-state index in [1.54, 1.807) is 0 Å². The van der Waals surface area contributed by atoms with Gasteiger partial charge in [-0.3, -0.25) is 0 Å². The minimum atomic E-state index is 0.612. The Kier molecular flexibility index (Phi) is 4.13. The molecule has 1 aliphatic carbocycles. The van der Waals surface area contributed by atoms with E-state index in [-0.39, 0.29) is 0 Å². The first kappa shape index (κ1) is 13.4. The monoisotopic (exact) mass is 322 g/mol. The van der Waals surface area contributed by atoms with Gasteiger partial charge in [-0.1, -0.05) is 41.3 Å². The highest BCUT2D eigenvalue weighted by Gasteiger charge is 2.31. The number of hydrogen-bond donors (Lipinski definition) is 1. The van der Waals surface area contributed by atoms with Gasteiger partial charge in [0.25, 0.3) is 0 Å². The molecule has 1 heterocycles. The van der Waals surface area contributed by atoms with Crippen molar-refractivity contribution >= 4 is 21.6 Å². The number of benzene rings is 1. The first-order valence-electron chi connectivity index (χ1n) is 7.52. The lowest BCUT2D eigenvalue weighted by atomic mass is 9.75. The summed E-state index contributed by atoms with van der Waals surface area (Å²) >= 11 is 3.64. The summed E-state index contributed by atoms with van der Waals surface area (Å²) in [6.45, 7) is 3.04. The molecule has 2 nitrogen and oxygen atoms in total. The normalized spacial score (nSPS) is 27.2. The zero-order valence-corrected chi connectivity index (χ0v) is 13.0. The fraction of sp³-hybridized carbons (Fsp3) is 0.625. The molecule has 1 aliphatic heterocycles. The van der Waals surface area contributed by atoms with Crippen molar-refractivity contribution in [2.75, 3.05) is 18.0 Å². The highest BCUT2D eigenvalue weighted by Crippen LogP contribution is 2.39. The van der Waals surface area contributed by atoms with Gasteiger partial charge in [-0.2, -0.15) is 0 Å². The molecule has 2 aliphatic rings. The van der Waals surface area contributed by atoms with Crippen molar-refractivity contribution in [3.05, 3.63) is 28.2 Å². The zero-order valence-electron chi connectivity index (χ0n) is 11.4. The van der Waals surface area contributed by atoms with Gasteiger partial charge >= 0.3 is 0 Å². The Morgan fingerprint density at radius 2 is 1.95 bits per heavy atom. The number of halogens is 1. The lowest BCUT2D eigenvalue weighted by Gasteiger charge is -2.43. The smallest absolute Gasteiger partial charge is 0.0423 e. The molecule has 104 valence electrons. The van der Waals surface area contributed by atoms with Crippen molar-refractivity contribution in [2.24, 2.45) is 17.6 Å². The molecule has 2 unspecified atom stereocenters. The fourth-order valence-electron chi connectivity index (χ4n) is 3.87. The zero-order chi connectivity index (χ0) is 13.2. The summed E-state index contributed by atoms with van der Waals surface area (Å²) in [4.78, 5) is 2.57. The second-order valence-electron chi connectivity index (χ2n) is 5.98. The van der Waals surface area contributed by atoms with E-state index >= 15 is 0 Å². The van der Waals surface area contributed by atoms with Gasteiger partial charge in [0.05, 0.1) is 0 Å². The van der Waals surface area contributed by atoms with Crippen LogP contribution in [0.25, 0.3) is 0 Å². The minimum Gasteiger partial charge on any atom is -0.371 e. The Balaban J connectivity index is 1.81. The molecule has 0 radical (unpaired) electrons. The van der Waals surface area contributed by atoms with Crippen molar-refractivity contribution in [1.29, 1.82) is 0 Å². The van der Waals surface area contributed by atoms with Gasteiger partial charge < -0.3 is 10.6 Å². The van der Waals surface area contributed by atoms with E-state index in [9.17, 15) is 0 Å². The molecule has 2 atom stereocenters. The topological polar surface area (TPSA) is 29.3 Å². The number of anilines is 1. The van der Waals surface area contributed by atoms with Gasteiger partial charge in [-0.15, -0.1) is 0 Å². The van der Waals surface area contributed by atoms with E-state index in [0.717, 1.165) is 16.3 Å². The molecule has 1 saturated carbocycles. The molecular formula is C16H23BrN2. The Hall–Kier alpha value is -0.540. The molecule has 3 rings (SSSR count). The minimum absolute atomic E-state index is 0.612. The second-order valence-corrected chi connectivity index (χ2v) is 6.84. The van der Waals surface area contributed by atoms with E-state index in [1.807, 2.05) is 0 Å². The number of nitrogens with zero attached hydrogens (tertiary/aromatic N) is 1. The average Bonchev–Trinajstić information content (AvgIpc) is 2.46. The van der Waals surface area contributed by atoms with Crippen LogP contribution in [0.1, 0.15) is 37.7 Å². The number of fused-ring (bicyclic) bond motifs is 1. The molecule has 1 saturated heterocycles. The van der Waals surface area contributed by atoms with Crippen LogP contribution in [0, 0.1) is 11.8 Å². The molecule has 3 heteroatoms. The summed E-state index contributed by atoms with van der Waals surface area (Å²) in [6, 6.07) is 6.46. The van der Waals surface area contributed by atoms with Crippen LogP contribution < -0.4 is 10.6 Å². The van der Waals surface area contributed by atoms with E-state index < -0.39 is 0 Å². The highest BCUT2D eigenvalue weighted by atomic mass is 79.9. The van der Waals surface area contributed by atoms with Crippen LogP contribution in [-0.2, 0) is 6.54 Å². The number of nitrogens with two attached hydrogens (primary N) is 1. The number of hydrogen-bond acceptors (Lipinski definition) is 2. The lowest BCUT2D eigenvalue weighted by molar-refractivity contribution is 0.202. The Labute approximate surface area is 124 Å². The standard InChI is InChI=1S/C16H23BrN2/c17-15-6-3-7-16(14(15)10-18)19-9-8-12-4-1-2-5-13(12)11-19/h3,6-7,12-13H,1-2,4-5,8-11,18H2. The summed E-state index contributed by atoms with van der Waals surface area (Å²) < 4.78 is 1.15. The fourth-order valence-corrected chi connectivity index (χ4v) is 4.38. The third kappa shape index (κ3) is 2.68. The third-order valence-electron chi connectivity index (χ3n) is 4.93. The summed E-state index contributed by atoms with van der Waals surface area (Å²) in [5.74, 6) is 1.89. The summed E-state index contributed by atoms with van der Waals surface area (Å²) in [5.41, 5.74) is 8.54. The number of piperidine rings is 1. The number of rotatable bonds is 2. The largest absolute Gasteiger partial charge is 0.371 e. The van der Waals surface area contributed by atoms with E-state index in [2.05, 4.69) is 39.0 Å². The first-order chi connectivity index (χ1) is 9.29. The Bertz CT molecular complexity index is 446. The summed E-state index contributed by atoms with van der Waals surface area (Å²) in [7, 11) is 0. The molecule has 0 amide bonds. The van der Waals surface area contributed by atoms with E-state index in [4.69, 9.17) is 5.73 Å². The van der Waals surface area contributed by atoms with E-state index in [1.165, 1.54) is 56.4 Å². The quantitative estimate of drug-likeness (QED) is 0.894. The molecule has 0 bridgehead atoms. The van der Waals surface area contributed by atoms with Crippen LogP contribution in [0.4, 0.5) is 5.69 Å². The third-order valence-corrected chi connectivity index (χ3v) is 5.67. The summed E-state index contributed by atoms with van der Waals surface area (Å²) in [6.07, 6.45) is 7.12. The van der Waals surface area contributed by atoms with Crippen LogP contribution in [-0.4, -0.2) is 13.1 Å². The highest BCUT2D eigenvalue weighted by molar-refractivity contribution is 9.10. The predicted molar refractivity (Wildman–Crippen MR) is 84.3 cm³/mol. The molecule has 0 spiro atoms. The second kappa shape index (κ2) is 5.84. The van der Waals surface area contributed by atoms with Crippen LogP contribution in [0.15, 0.2) is 22.7 Å². The molecule has 1 aromatic carbocycles. The molecule has 2 N–H and O–H groups in total. The van der Waals surface area contributed by atoms with Gasteiger partial charge in [0.1, 0.15) is 0 Å². The van der Waals surface area contributed by atoms with E-state index in [0.29, 0.717) is 6.54 Å². The van der Waals surface area contributed by atoms with Crippen molar-refractivity contribution in [1.82, 2.24) is 0 Å². The van der Waals surface area contributed by atoms with Crippen LogP contribution in [0.3, 0.4) is 0 Å².